The zero-order valence-corrected chi connectivity index (χ0v) is 12.3. The lowest BCUT2D eigenvalue weighted by Gasteiger charge is -2.32. The first-order valence-corrected chi connectivity index (χ1v) is 6.88. The topological polar surface area (TPSA) is 50.8 Å². The Bertz CT molecular complexity index is 464. The Labute approximate surface area is 119 Å². The van der Waals surface area contributed by atoms with Crippen LogP contribution >= 0.6 is 0 Å². The van der Waals surface area contributed by atoms with Crippen molar-refractivity contribution < 1.29 is 14.3 Å². The van der Waals surface area contributed by atoms with Crippen molar-refractivity contribution in [3.8, 4) is 5.75 Å². The van der Waals surface area contributed by atoms with Crippen molar-refractivity contribution in [1.82, 2.24) is 10.2 Å². The van der Waals surface area contributed by atoms with Gasteiger partial charge in [-0.2, -0.15) is 0 Å². The molecule has 1 fully saturated rings. The first-order valence-electron chi connectivity index (χ1n) is 6.88. The molecule has 1 heterocycles. The maximum atomic E-state index is 12.2. The Morgan fingerprint density at radius 3 is 2.90 bits per heavy atom. The second-order valence-corrected chi connectivity index (χ2v) is 4.88. The number of ether oxygens (including phenoxy) is 2. The SMILES string of the molecule is CCC(COC)N1C(=O)CNC1c1cccc(OC)c1. The van der Waals surface area contributed by atoms with Gasteiger partial charge in [0, 0.05) is 7.11 Å². The maximum absolute atomic E-state index is 12.2. The normalized spacial score (nSPS) is 20.2. The summed E-state index contributed by atoms with van der Waals surface area (Å²) in [7, 11) is 3.31. The summed E-state index contributed by atoms with van der Waals surface area (Å²) in [6.07, 6.45) is 0.750. The minimum absolute atomic E-state index is 0.0821. The Hall–Kier alpha value is -1.59. The molecule has 0 aliphatic carbocycles. The first-order chi connectivity index (χ1) is 9.71. The molecule has 20 heavy (non-hydrogen) atoms. The molecule has 0 spiro atoms. The third kappa shape index (κ3) is 2.94. The van der Waals surface area contributed by atoms with E-state index >= 15 is 0 Å². The van der Waals surface area contributed by atoms with E-state index in [2.05, 4.69) is 12.2 Å². The lowest BCUT2D eigenvalue weighted by Crippen LogP contribution is -2.41. The highest BCUT2D eigenvalue weighted by atomic mass is 16.5. The lowest BCUT2D eigenvalue weighted by atomic mass is 10.1. The molecule has 1 aliphatic heterocycles. The molecule has 5 heteroatoms. The van der Waals surface area contributed by atoms with Crippen molar-refractivity contribution >= 4 is 5.91 Å². The maximum Gasteiger partial charge on any atom is 0.238 e. The summed E-state index contributed by atoms with van der Waals surface area (Å²) in [5.74, 6) is 0.908. The molecule has 0 bridgehead atoms. The highest BCUT2D eigenvalue weighted by Crippen LogP contribution is 2.28. The van der Waals surface area contributed by atoms with Crippen LogP contribution in [0.2, 0.25) is 0 Å². The van der Waals surface area contributed by atoms with Crippen LogP contribution in [0.5, 0.6) is 5.75 Å². The van der Waals surface area contributed by atoms with Crippen molar-refractivity contribution in [3.63, 3.8) is 0 Å². The summed E-state index contributed by atoms with van der Waals surface area (Å²) in [6.45, 7) is 2.98. The molecular formula is C15H22N2O3. The lowest BCUT2D eigenvalue weighted by molar-refractivity contribution is -0.131. The zero-order chi connectivity index (χ0) is 14.5. The number of carbonyl (C=O) groups is 1. The predicted octanol–water partition coefficient (Wildman–Crippen LogP) is 1.55. The van der Waals surface area contributed by atoms with Gasteiger partial charge in [0.05, 0.1) is 26.3 Å². The van der Waals surface area contributed by atoms with Gasteiger partial charge in [0.2, 0.25) is 5.91 Å². The minimum Gasteiger partial charge on any atom is -0.497 e. The molecule has 1 aromatic carbocycles. The van der Waals surface area contributed by atoms with Gasteiger partial charge >= 0.3 is 0 Å². The average molecular weight is 278 g/mol. The summed E-state index contributed by atoms with van der Waals surface area (Å²) >= 11 is 0. The molecule has 2 atom stereocenters. The van der Waals surface area contributed by atoms with Crippen LogP contribution in [0.25, 0.3) is 0 Å². The highest BCUT2D eigenvalue weighted by molar-refractivity contribution is 5.81. The summed E-state index contributed by atoms with van der Waals surface area (Å²) in [5, 5.41) is 3.26. The van der Waals surface area contributed by atoms with Crippen LogP contribution in [0.4, 0.5) is 0 Å². The van der Waals surface area contributed by atoms with Gasteiger partial charge in [0.15, 0.2) is 0 Å². The molecule has 1 amide bonds. The van der Waals surface area contributed by atoms with Crippen LogP contribution in [0, 0.1) is 0 Å². The molecular weight excluding hydrogens is 256 g/mol. The van der Waals surface area contributed by atoms with E-state index in [-0.39, 0.29) is 18.1 Å². The Balaban J connectivity index is 2.26. The third-order valence-corrected chi connectivity index (χ3v) is 3.65. The second-order valence-electron chi connectivity index (χ2n) is 4.88. The van der Waals surface area contributed by atoms with Gasteiger partial charge in [0.25, 0.3) is 0 Å². The largest absolute Gasteiger partial charge is 0.497 e. The predicted molar refractivity (Wildman–Crippen MR) is 76.5 cm³/mol. The van der Waals surface area contributed by atoms with Crippen LogP contribution in [0.15, 0.2) is 24.3 Å². The fraction of sp³-hybridized carbons (Fsp3) is 0.533. The van der Waals surface area contributed by atoms with E-state index in [1.165, 1.54) is 0 Å². The third-order valence-electron chi connectivity index (χ3n) is 3.65. The first kappa shape index (κ1) is 14.8. The number of hydrogen-bond donors (Lipinski definition) is 1. The van der Waals surface area contributed by atoms with E-state index in [4.69, 9.17) is 9.47 Å². The molecule has 0 radical (unpaired) electrons. The number of hydrogen-bond acceptors (Lipinski definition) is 4. The van der Waals surface area contributed by atoms with Crippen molar-refractivity contribution in [1.29, 1.82) is 0 Å². The molecule has 1 aliphatic rings. The van der Waals surface area contributed by atoms with Crippen molar-refractivity contribution in [3.05, 3.63) is 29.8 Å². The molecule has 110 valence electrons. The molecule has 2 unspecified atom stereocenters. The monoisotopic (exact) mass is 278 g/mol. The van der Waals surface area contributed by atoms with Crippen LogP contribution in [-0.2, 0) is 9.53 Å². The number of nitrogens with one attached hydrogen (secondary N) is 1. The van der Waals surface area contributed by atoms with E-state index in [0.717, 1.165) is 17.7 Å². The average Bonchev–Trinajstić information content (AvgIpc) is 2.86. The molecule has 1 N–H and O–H groups in total. The fourth-order valence-electron chi connectivity index (χ4n) is 2.61. The van der Waals surface area contributed by atoms with Crippen molar-refractivity contribution in [2.24, 2.45) is 0 Å². The van der Waals surface area contributed by atoms with E-state index in [1.54, 1.807) is 14.2 Å². The van der Waals surface area contributed by atoms with E-state index < -0.39 is 0 Å². The number of nitrogens with zero attached hydrogens (tertiary/aromatic N) is 1. The highest BCUT2D eigenvalue weighted by Gasteiger charge is 2.36. The van der Waals surface area contributed by atoms with Crippen LogP contribution in [-0.4, -0.2) is 44.2 Å². The van der Waals surface area contributed by atoms with E-state index in [0.29, 0.717) is 13.2 Å². The second kappa shape index (κ2) is 6.72. The summed E-state index contributed by atoms with van der Waals surface area (Å²) in [6, 6.07) is 7.89. The van der Waals surface area contributed by atoms with Gasteiger partial charge in [-0.15, -0.1) is 0 Å². The van der Waals surface area contributed by atoms with E-state index in [9.17, 15) is 4.79 Å². The van der Waals surface area contributed by atoms with Gasteiger partial charge < -0.3 is 14.4 Å². The van der Waals surface area contributed by atoms with Gasteiger partial charge in [-0.05, 0) is 24.1 Å². The van der Waals surface area contributed by atoms with Gasteiger partial charge in [0.1, 0.15) is 11.9 Å². The summed E-state index contributed by atoms with van der Waals surface area (Å²) in [5.41, 5.74) is 1.03. The smallest absolute Gasteiger partial charge is 0.238 e. The fourth-order valence-corrected chi connectivity index (χ4v) is 2.61. The minimum atomic E-state index is -0.113. The van der Waals surface area contributed by atoms with E-state index in [1.807, 2.05) is 29.2 Å². The number of carbonyl (C=O) groups excluding carboxylic acids is 1. The molecule has 0 saturated carbocycles. The molecule has 5 nitrogen and oxygen atoms in total. The molecule has 0 aromatic heterocycles. The van der Waals surface area contributed by atoms with Crippen LogP contribution in [0.1, 0.15) is 25.1 Å². The van der Waals surface area contributed by atoms with Crippen LogP contribution in [0.3, 0.4) is 0 Å². The van der Waals surface area contributed by atoms with Crippen molar-refractivity contribution in [2.45, 2.75) is 25.6 Å². The van der Waals surface area contributed by atoms with Gasteiger partial charge in [-0.25, -0.2) is 0 Å². The zero-order valence-electron chi connectivity index (χ0n) is 12.3. The molecule has 1 saturated heterocycles. The van der Waals surface area contributed by atoms with Crippen LogP contribution < -0.4 is 10.1 Å². The molecule has 1 aromatic rings. The Morgan fingerprint density at radius 1 is 1.45 bits per heavy atom. The Morgan fingerprint density at radius 2 is 2.25 bits per heavy atom. The van der Waals surface area contributed by atoms with Gasteiger partial charge in [-0.3, -0.25) is 10.1 Å². The summed E-state index contributed by atoms with van der Waals surface area (Å²) in [4.78, 5) is 14.1. The van der Waals surface area contributed by atoms with Gasteiger partial charge in [-0.1, -0.05) is 19.1 Å². The van der Waals surface area contributed by atoms with Crippen molar-refractivity contribution in [2.75, 3.05) is 27.4 Å². The number of methoxy groups -OCH3 is 2. The number of rotatable bonds is 6. The standard InChI is InChI=1S/C15H22N2O3/c1-4-12(10-19-2)17-14(18)9-16-15(17)11-6-5-7-13(8-11)20-3/h5-8,12,15-16H,4,9-10H2,1-3H3. The quantitative estimate of drug-likeness (QED) is 0.858. The Kier molecular flexibility index (Phi) is 4.98. The number of amides is 1. The molecule has 2 rings (SSSR count). The summed E-state index contributed by atoms with van der Waals surface area (Å²) < 4.78 is 10.5. The number of benzene rings is 1.